The van der Waals surface area contributed by atoms with Crippen LogP contribution < -0.4 is 15.2 Å². The van der Waals surface area contributed by atoms with E-state index in [1.165, 1.54) is 0 Å². The van der Waals surface area contributed by atoms with Crippen LogP contribution in [0.5, 0.6) is 11.5 Å². The molecule has 0 bridgehead atoms. The Kier molecular flexibility index (Phi) is 4.55. The van der Waals surface area contributed by atoms with Gasteiger partial charge < -0.3 is 20.3 Å². The van der Waals surface area contributed by atoms with Gasteiger partial charge in [-0.3, -0.25) is 4.79 Å². The van der Waals surface area contributed by atoms with E-state index in [4.69, 9.17) is 20.3 Å². The topological polar surface area (TPSA) is 81.8 Å². The minimum atomic E-state index is -0.922. The third kappa shape index (κ3) is 2.73. The van der Waals surface area contributed by atoms with Crippen molar-refractivity contribution in [3.63, 3.8) is 0 Å². The molecule has 18 heavy (non-hydrogen) atoms. The molecule has 0 saturated heterocycles. The van der Waals surface area contributed by atoms with E-state index >= 15 is 0 Å². The summed E-state index contributed by atoms with van der Waals surface area (Å²) < 4.78 is 10.5. The fourth-order valence-corrected chi connectivity index (χ4v) is 1.98. The van der Waals surface area contributed by atoms with Gasteiger partial charge in [-0.25, -0.2) is 0 Å². The normalized spacial score (nSPS) is 12.1. The second-order valence-corrected chi connectivity index (χ2v) is 4.16. The Hall–Kier alpha value is -1.75. The molecule has 0 radical (unpaired) electrons. The zero-order valence-corrected chi connectivity index (χ0v) is 11.1. The molecule has 0 aliphatic rings. The van der Waals surface area contributed by atoms with Crippen LogP contribution in [0.15, 0.2) is 6.07 Å². The van der Waals surface area contributed by atoms with E-state index in [2.05, 4.69) is 0 Å². The molecule has 1 atom stereocenters. The molecule has 0 aliphatic heterocycles. The summed E-state index contributed by atoms with van der Waals surface area (Å²) in [4.78, 5) is 10.7. The molecule has 0 spiro atoms. The van der Waals surface area contributed by atoms with Crippen LogP contribution in [-0.4, -0.2) is 25.3 Å². The highest BCUT2D eigenvalue weighted by atomic mass is 16.5. The molecule has 0 fully saturated rings. The number of carboxylic acid groups (broad SMARTS) is 1. The summed E-state index contributed by atoms with van der Waals surface area (Å²) >= 11 is 0. The highest BCUT2D eigenvalue weighted by Gasteiger charge is 2.19. The number of hydrogen-bond acceptors (Lipinski definition) is 4. The summed E-state index contributed by atoms with van der Waals surface area (Å²) in [6, 6.07) is 1.19. The van der Waals surface area contributed by atoms with Crippen LogP contribution in [0.4, 0.5) is 0 Å². The second kappa shape index (κ2) is 5.73. The van der Waals surface area contributed by atoms with E-state index < -0.39 is 12.0 Å². The van der Waals surface area contributed by atoms with Gasteiger partial charge in [-0.15, -0.1) is 0 Å². The Bertz CT molecular complexity index is 457. The van der Waals surface area contributed by atoms with E-state index in [1.54, 1.807) is 20.3 Å². The van der Waals surface area contributed by atoms with Crippen LogP contribution in [-0.2, 0) is 4.79 Å². The number of hydrogen-bond donors (Lipinski definition) is 2. The summed E-state index contributed by atoms with van der Waals surface area (Å²) in [5.41, 5.74) is 8.52. The van der Waals surface area contributed by atoms with Crippen molar-refractivity contribution in [2.45, 2.75) is 26.3 Å². The van der Waals surface area contributed by atoms with Gasteiger partial charge >= 0.3 is 5.97 Å². The number of ether oxygens (including phenoxy) is 2. The minimum Gasteiger partial charge on any atom is -0.493 e. The van der Waals surface area contributed by atoms with Crippen molar-refractivity contribution in [1.29, 1.82) is 0 Å². The van der Waals surface area contributed by atoms with Gasteiger partial charge in [0.1, 0.15) is 0 Å². The second-order valence-electron chi connectivity index (χ2n) is 4.16. The highest BCUT2D eigenvalue weighted by Crippen LogP contribution is 2.37. The zero-order valence-electron chi connectivity index (χ0n) is 11.1. The number of rotatable bonds is 5. The maximum Gasteiger partial charge on any atom is 0.305 e. The SMILES string of the molecule is COc1cc(C(N)CC(=O)O)c(C)c(C)c1OC. The van der Waals surface area contributed by atoms with Gasteiger partial charge in [0.05, 0.1) is 20.6 Å². The molecule has 1 aromatic carbocycles. The van der Waals surface area contributed by atoms with Gasteiger partial charge in [-0.1, -0.05) is 0 Å². The average Bonchev–Trinajstić information content (AvgIpc) is 2.31. The van der Waals surface area contributed by atoms with E-state index in [0.717, 1.165) is 16.7 Å². The smallest absolute Gasteiger partial charge is 0.305 e. The Morgan fingerprint density at radius 2 is 1.94 bits per heavy atom. The molecule has 100 valence electrons. The summed E-state index contributed by atoms with van der Waals surface area (Å²) in [7, 11) is 3.11. The Balaban J connectivity index is 3.29. The molecule has 1 aromatic rings. The molecule has 1 unspecified atom stereocenters. The Morgan fingerprint density at radius 1 is 1.33 bits per heavy atom. The zero-order chi connectivity index (χ0) is 13.9. The average molecular weight is 253 g/mol. The summed E-state index contributed by atoms with van der Waals surface area (Å²) in [6.45, 7) is 3.79. The van der Waals surface area contributed by atoms with Crippen molar-refractivity contribution in [3.8, 4) is 11.5 Å². The number of carbonyl (C=O) groups is 1. The summed E-state index contributed by atoms with van der Waals surface area (Å²) in [5, 5.41) is 8.80. The van der Waals surface area contributed by atoms with Crippen LogP contribution in [0.1, 0.15) is 29.2 Å². The van der Waals surface area contributed by atoms with Gasteiger partial charge in [0, 0.05) is 6.04 Å². The standard InChI is InChI=1S/C13H19NO4/c1-7-8(2)13(18-4)11(17-3)5-9(7)10(14)6-12(15)16/h5,10H,6,14H2,1-4H3,(H,15,16). The first-order valence-electron chi connectivity index (χ1n) is 5.61. The number of methoxy groups -OCH3 is 2. The lowest BCUT2D eigenvalue weighted by Gasteiger charge is -2.19. The van der Waals surface area contributed by atoms with Crippen LogP contribution >= 0.6 is 0 Å². The molecule has 3 N–H and O–H groups in total. The largest absolute Gasteiger partial charge is 0.493 e. The molecule has 0 saturated carbocycles. The quantitative estimate of drug-likeness (QED) is 0.836. The summed E-state index contributed by atoms with van der Waals surface area (Å²) in [6.07, 6.45) is -0.115. The van der Waals surface area contributed by atoms with E-state index in [0.29, 0.717) is 11.5 Å². The number of nitrogens with two attached hydrogens (primary N) is 1. The van der Waals surface area contributed by atoms with Crippen LogP contribution in [0.2, 0.25) is 0 Å². The predicted molar refractivity (Wildman–Crippen MR) is 68.2 cm³/mol. The maximum absolute atomic E-state index is 10.7. The predicted octanol–water partition coefficient (Wildman–Crippen LogP) is 1.80. The van der Waals surface area contributed by atoms with Gasteiger partial charge in [-0.2, -0.15) is 0 Å². The molecule has 0 heterocycles. The first-order chi connectivity index (χ1) is 8.42. The molecule has 5 heteroatoms. The van der Waals surface area contributed by atoms with Crippen LogP contribution in [0, 0.1) is 13.8 Å². The van der Waals surface area contributed by atoms with Crippen molar-refractivity contribution in [2.75, 3.05) is 14.2 Å². The maximum atomic E-state index is 10.7. The molecule has 0 aliphatic carbocycles. The van der Waals surface area contributed by atoms with Crippen molar-refractivity contribution < 1.29 is 19.4 Å². The van der Waals surface area contributed by atoms with Gasteiger partial charge in [0.15, 0.2) is 11.5 Å². The minimum absolute atomic E-state index is 0.115. The molecular formula is C13H19NO4. The van der Waals surface area contributed by atoms with Crippen LogP contribution in [0.3, 0.4) is 0 Å². The van der Waals surface area contributed by atoms with Gasteiger partial charge in [0.25, 0.3) is 0 Å². The number of benzene rings is 1. The monoisotopic (exact) mass is 253 g/mol. The van der Waals surface area contributed by atoms with Crippen molar-refractivity contribution >= 4 is 5.97 Å². The van der Waals surface area contributed by atoms with Crippen LogP contribution in [0.25, 0.3) is 0 Å². The first kappa shape index (κ1) is 14.3. The van der Waals surface area contributed by atoms with Gasteiger partial charge in [0.2, 0.25) is 0 Å². The number of aliphatic carboxylic acids is 1. The lowest BCUT2D eigenvalue weighted by molar-refractivity contribution is -0.137. The van der Waals surface area contributed by atoms with Crippen molar-refractivity contribution in [3.05, 3.63) is 22.8 Å². The lowest BCUT2D eigenvalue weighted by Crippen LogP contribution is -2.17. The van der Waals surface area contributed by atoms with E-state index in [9.17, 15) is 4.79 Å². The molecule has 0 amide bonds. The third-order valence-electron chi connectivity index (χ3n) is 3.06. The van der Waals surface area contributed by atoms with Crippen molar-refractivity contribution in [1.82, 2.24) is 0 Å². The molecule has 1 rings (SSSR count). The fourth-order valence-electron chi connectivity index (χ4n) is 1.98. The van der Waals surface area contributed by atoms with Gasteiger partial charge in [-0.05, 0) is 36.6 Å². The fraction of sp³-hybridized carbons (Fsp3) is 0.462. The highest BCUT2D eigenvalue weighted by molar-refractivity contribution is 5.68. The number of carboxylic acids is 1. The lowest BCUT2D eigenvalue weighted by atomic mass is 9.95. The Morgan fingerprint density at radius 3 is 2.39 bits per heavy atom. The molecule has 0 aromatic heterocycles. The van der Waals surface area contributed by atoms with Crippen molar-refractivity contribution in [2.24, 2.45) is 5.73 Å². The summed E-state index contributed by atoms with van der Waals surface area (Å²) in [5.74, 6) is 0.298. The first-order valence-corrected chi connectivity index (χ1v) is 5.61. The molecular weight excluding hydrogens is 234 g/mol. The Labute approximate surface area is 107 Å². The molecule has 5 nitrogen and oxygen atoms in total. The third-order valence-corrected chi connectivity index (χ3v) is 3.06. The van der Waals surface area contributed by atoms with E-state index in [1.807, 2.05) is 13.8 Å². The van der Waals surface area contributed by atoms with E-state index in [-0.39, 0.29) is 6.42 Å².